The molecule has 3 heteroatoms. The number of rotatable bonds is 11. The molecule has 17 heavy (non-hydrogen) atoms. The van der Waals surface area contributed by atoms with E-state index in [0.29, 0.717) is 12.0 Å². The highest BCUT2D eigenvalue weighted by molar-refractivity contribution is 4.69. The largest absolute Gasteiger partial charge is 0.383 e. The number of nitrogens with zero attached hydrogens (tertiary/aromatic N) is 1. The molecule has 0 bridgehead atoms. The van der Waals surface area contributed by atoms with Gasteiger partial charge in [0.2, 0.25) is 0 Å². The van der Waals surface area contributed by atoms with Crippen molar-refractivity contribution in [1.82, 2.24) is 4.90 Å². The fourth-order valence-electron chi connectivity index (χ4n) is 2.25. The second-order valence-electron chi connectivity index (χ2n) is 4.98. The molecule has 0 heterocycles. The number of methoxy groups -OCH3 is 1. The van der Waals surface area contributed by atoms with E-state index in [-0.39, 0.29) is 0 Å². The average Bonchev–Trinajstić information content (AvgIpc) is 2.36. The van der Waals surface area contributed by atoms with Crippen molar-refractivity contribution in [3.8, 4) is 0 Å². The number of nitrogens with two attached hydrogens (primary N) is 1. The van der Waals surface area contributed by atoms with Gasteiger partial charge in [0.25, 0.3) is 0 Å². The van der Waals surface area contributed by atoms with E-state index in [0.717, 1.165) is 19.7 Å². The van der Waals surface area contributed by atoms with Crippen LogP contribution in [0.2, 0.25) is 0 Å². The molecule has 1 atom stereocenters. The molecule has 0 aliphatic heterocycles. The maximum absolute atomic E-state index is 5.65. The van der Waals surface area contributed by atoms with Gasteiger partial charge in [-0.15, -0.1) is 0 Å². The van der Waals surface area contributed by atoms with Crippen molar-refractivity contribution in [1.29, 1.82) is 0 Å². The highest BCUT2D eigenvalue weighted by Crippen LogP contribution is 2.11. The van der Waals surface area contributed by atoms with E-state index in [4.69, 9.17) is 10.5 Å². The summed E-state index contributed by atoms with van der Waals surface area (Å²) >= 11 is 0. The second-order valence-corrected chi connectivity index (χ2v) is 4.98. The predicted molar refractivity (Wildman–Crippen MR) is 75.3 cm³/mol. The van der Waals surface area contributed by atoms with E-state index < -0.39 is 0 Å². The van der Waals surface area contributed by atoms with Crippen LogP contribution in [0.25, 0.3) is 0 Å². The highest BCUT2D eigenvalue weighted by atomic mass is 16.5. The van der Waals surface area contributed by atoms with Gasteiger partial charge in [-0.25, -0.2) is 0 Å². The summed E-state index contributed by atoms with van der Waals surface area (Å²) in [6, 6.07) is 0.707. The Labute approximate surface area is 108 Å². The van der Waals surface area contributed by atoms with Crippen molar-refractivity contribution in [2.24, 2.45) is 11.7 Å². The zero-order valence-electron chi connectivity index (χ0n) is 12.2. The van der Waals surface area contributed by atoms with Gasteiger partial charge >= 0.3 is 0 Å². The van der Waals surface area contributed by atoms with Crippen LogP contribution >= 0.6 is 0 Å². The van der Waals surface area contributed by atoms with Gasteiger partial charge in [-0.2, -0.15) is 0 Å². The Bertz CT molecular complexity index is 160. The first-order valence-corrected chi connectivity index (χ1v) is 7.12. The molecule has 0 aromatic rings. The maximum atomic E-state index is 5.65. The van der Waals surface area contributed by atoms with Crippen LogP contribution in [0, 0.1) is 5.92 Å². The van der Waals surface area contributed by atoms with Crippen molar-refractivity contribution in [3.63, 3.8) is 0 Å². The summed E-state index contributed by atoms with van der Waals surface area (Å²) in [6.07, 6.45) is 4.94. The van der Waals surface area contributed by atoms with Gasteiger partial charge in [0.05, 0.1) is 6.61 Å². The quantitative estimate of drug-likeness (QED) is 0.607. The van der Waals surface area contributed by atoms with E-state index in [2.05, 4.69) is 25.7 Å². The third kappa shape index (κ3) is 7.74. The molecule has 0 aromatic heterocycles. The summed E-state index contributed by atoms with van der Waals surface area (Å²) in [6.45, 7) is 10.7. The molecule has 0 radical (unpaired) electrons. The monoisotopic (exact) mass is 244 g/mol. The first-order valence-electron chi connectivity index (χ1n) is 7.12. The van der Waals surface area contributed by atoms with Gasteiger partial charge in [0.15, 0.2) is 0 Å². The molecule has 0 aliphatic rings. The summed E-state index contributed by atoms with van der Waals surface area (Å²) in [4.78, 5) is 2.58. The third-order valence-electron chi connectivity index (χ3n) is 3.59. The smallest absolute Gasteiger partial charge is 0.0589 e. The molecular formula is C14H32N2O. The highest BCUT2D eigenvalue weighted by Gasteiger charge is 2.14. The lowest BCUT2D eigenvalue weighted by atomic mass is 10.0. The van der Waals surface area contributed by atoms with Crippen LogP contribution in [0.1, 0.15) is 46.5 Å². The molecule has 2 N–H and O–H groups in total. The average molecular weight is 244 g/mol. The molecular weight excluding hydrogens is 212 g/mol. The van der Waals surface area contributed by atoms with Gasteiger partial charge < -0.3 is 10.5 Å². The van der Waals surface area contributed by atoms with E-state index in [1.807, 2.05) is 0 Å². The van der Waals surface area contributed by atoms with Crippen LogP contribution in [-0.2, 0) is 4.74 Å². The van der Waals surface area contributed by atoms with Crippen LogP contribution in [0.15, 0.2) is 0 Å². The van der Waals surface area contributed by atoms with Gasteiger partial charge in [-0.05, 0) is 44.7 Å². The van der Waals surface area contributed by atoms with E-state index in [1.54, 1.807) is 7.11 Å². The van der Waals surface area contributed by atoms with Gasteiger partial charge in [-0.3, -0.25) is 4.90 Å². The fraction of sp³-hybridized carbons (Fsp3) is 1.00. The molecule has 0 aromatic carbocycles. The van der Waals surface area contributed by atoms with Crippen LogP contribution in [0.4, 0.5) is 0 Å². The summed E-state index contributed by atoms with van der Waals surface area (Å²) in [5, 5.41) is 0. The molecule has 0 fully saturated rings. The Hall–Kier alpha value is -0.120. The van der Waals surface area contributed by atoms with Crippen molar-refractivity contribution in [3.05, 3.63) is 0 Å². The Morgan fingerprint density at radius 2 is 1.82 bits per heavy atom. The van der Waals surface area contributed by atoms with Crippen molar-refractivity contribution in [2.45, 2.75) is 52.5 Å². The van der Waals surface area contributed by atoms with Gasteiger partial charge in [-0.1, -0.05) is 20.8 Å². The first kappa shape index (κ1) is 16.9. The molecule has 3 nitrogen and oxygen atoms in total. The lowest BCUT2D eigenvalue weighted by molar-refractivity contribution is 0.113. The van der Waals surface area contributed by atoms with Gasteiger partial charge in [0.1, 0.15) is 0 Å². The molecule has 0 saturated heterocycles. The van der Waals surface area contributed by atoms with Crippen LogP contribution in [-0.4, -0.2) is 44.3 Å². The molecule has 0 rings (SSSR count). The van der Waals surface area contributed by atoms with Crippen LogP contribution < -0.4 is 5.73 Å². The van der Waals surface area contributed by atoms with Crippen LogP contribution in [0.5, 0.6) is 0 Å². The zero-order chi connectivity index (χ0) is 13.1. The SMILES string of the molecule is CCC(CC)N(CCCC(C)CN)CCOC. The number of hydrogen-bond acceptors (Lipinski definition) is 3. The Balaban J connectivity index is 3.99. The van der Waals surface area contributed by atoms with E-state index >= 15 is 0 Å². The van der Waals surface area contributed by atoms with Crippen molar-refractivity contribution < 1.29 is 4.74 Å². The normalized spacial score (nSPS) is 13.6. The first-order chi connectivity index (χ1) is 8.19. The summed E-state index contributed by atoms with van der Waals surface area (Å²) in [7, 11) is 1.78. The number of ether oxygens (including phenoxy) is 1. The minimum absolute atomic E-state index is 0.654. The fourth-order valence-corrected chi connectivity index (χ4v) is 2.25. The molecule has 0 saturated carbocycles. The Kier molecular flexibility index (Phi) is 10.9. The molecule has 0 spiro atoms. The van der Waals surface area contributed by atoms with E-state index in [9.17, 15) is 0 Å². The third-order valence-corrected chi connectivity index (χ3v) is 3.59. The predicted octanol–water partition coefficient (Wildman–Crippen LogP) is 2.50. The Morgan fingerprint density at radius 3 is 2.29 bits per heavy atom. The standard InChI is InChI=1S/C14H32N2O/c1-5-14(6-2)16(10-11-17-4)9-7-8-13(3)12-15/h13-14H,5-12,15H2,1-4H3. The zero-order valence-corrected chi connectivity index (χ0v) is 12.2. The molecule has 0 aliphatic carbocycles. The topological polar surface area (TPSA) is 38.5 Å². The lowest BCUT2D eigenvalue weighted by Crippen LogP contribution is -2.37. The molecule has 0 amide bonds. The number of hydrogen-bond donors (Lipinski definition) is 1. The summed E-state index contributed by atoms with van der Waals surface area (Å²) in [5.41, 5.74) is 5.65. The second kappa shape index (κ2) is 11.0. The minimum Gasteiger partial charge on any atom is -0.383 e. The van der Waals surface area contributed by atoms with E-state index in [1.165, 1.54) is 32.2 Å². The van der Waals surface area contributed by atoms with Crippen molar-refractivity contribution in [2.75, 3.05) is 33.4 Å². The van der Waals surface area contributed by atoms with Gasteiger partial charge in [0, 0.05) is 19.7 Å². The maximum Gasteiger partial charge on any atom is 0.0589 e. The Morgan fingerprint density at radius 1 is 1.18 bits per heavy atom. The summed E-state index contributed by atoms with van der Waals surface area (Å²) < 4.78 is 5.20. The van der Waals surface area contributed by atoms with Crippen molar-refractivity contribution >= 4 is 0 Å². The van der Waals surface area contributed by atoms with Crippen LogP contribution in [0.3, 0.4) is 0 Å². The molecule has 104 valence electrons. The molecule has 1 unspecified atom stereocenters. The summed E-state index contributed by atoms with van der Waals surface area (Å²) in [5.74, 6) is 0.654. The lowest BCUT2D eigenvalue weighted by Gasteiger charge is -2.30. The minimum atomic E-state index is 0.654.